The molecule has 0 fully saturated rings. The fourth-order valence-electron chi connectivity index (χ4n) is 3.03. The Hall–Kier alpha value is -2.47. The molecule has 0 aliphatic carbocycles. The van der Waals surface area contributed by atoms with E-state index in [2.05, 4.69) is 21.2 Å². The Labute approximate surface area is 160 Å². The Morgan fingerprint density at radius 2 is 1.54 bits per heavy atom. The molecule has 1 aliphatic heterocycles. The van der Waals surface area contributed by atoms with Gasteiger partial charge < -0.3 is 5.32 Å². The molecule has 0 saturated heterocycles. The predicted octanol–water partition coefficient (Wildman–Crippen LogP) is 4.10. The first-order chi connectivity index (χ1) is 12.4. The molecule has 2 aromatic carbocycles. The fraction of sp³-hybridized carbons (Fsp3) is 0.250. The van der Waals surface area contributed by atoms with Gasteiger partial charge in [-0.15, -0.1) is 0 Å². The van der Waals surface area contributed by atoms with Gasteiger partial charge in [0.25, 0.3) is 11.8 Å². The van der Waals surface area contributed by atoms with Crippen LogP contribution in [0.1, 0.15) is 41.0 Å². The maximum Gasteiger partial charge on any atom is 0.262 e. The molecule has 0 saturated carbocycles. The Bertz CT molecular complexity index is 827. The van der Waals surface area contributed by atoms with E-state index in [0.29, 0.717) is 23.2 Å². The third-order valence-electron chi connectivity index (χ3n) is 4.25. The molecule has 1 N–H and O–H groups in total. The van der Waals surface area contributed by atoms with Gasteiger partial charge in [-0.3, -0.25) is 19.3 Å². The molecule has 3 rings (SSSR count). The SMILES string of the molecule is CC(C)C[C@H](C(=O)Nc1ccc(Br)cc1)N1C(=O)c2ccccc2C1=O. The smallest absolute Gasteiger partial charge is 0.262 e. The number of hydrogen-bond donors (Lipinski definition) is 1. The highest BCUT2D eigenvalue weighted by molar-refractivity contribution is 9.10. The van der Waals surface area contributed by atoms with Crippen molar-refractivity contribution in [2.45, 2.75) is 26.3 Å². The van der Waals surface area contributed by atoms with Crippen LogP contribution in [0.3, 0.4) is 0 Å². The number of hydrogen-bond acceptors (Lipinski definition) is 3. The van der Waals surface area contributed by atoms with Crippen LogP contribution in [-0.4, -0.2) is 28.7 Å². The molecular formula is C20H19BrN2O3. The zero-order valence-electron chi connectivity index (χ0n) is 14.5. The molecule has 0 aromatic heterocycles. The number of fused-ring (bicyclic) bond motifs is 1. The van der Waals surface area contributed by atoms with Gasteiger partial charge in [0.15, 0.2) is 0 Å². The lowest BCUT2D eigenvalue weighted by atomic mass is 10.0. The minimum atomic E-state index is -0.856. The van der Waals surface area contributed by atoms with Crippen molar-refractivity contribution in [3.8, 4) is 0 Å². The van der Waals surface area contributed by atoms with Gasteiger partial charge in [-0.05, 0) is 48.7 Å². The highest BCUT2D eigenvalue weighted by Gasteiger charge is 2.42. The lowest BCUT2D eigenvalue weighted by Crippen LogP contribution is -2.47. The largest absolute Gasteiger partial charge is 0.324 e. The summed E-state index contributed by atoms with van der Waals surface area (Å²) in [5.74, 6) is -1.06. The first kappa shape index (κ1) is 18.3. The molecule has 5 nitrogen and oxygen atoms in total. The molecule has 0 bridgehead atoms. The monoisotopic (exact) mass is 414 g/mol. The number of nitrogens with one attached hydrogen (secondary N) is 1. The van der Waals surface area contributed by atoms with Crippen molar-refractivity contribution in [1.82, 2.24) is 4.90 Å². The van der Waals surface area contributed by atoms with Crippen molar-refractivity contribution in [3.05, 3.63) is 64.1 Å². The maximum absolute atomic E-state index is 12.9. The summed E-state index contributed by atoms with van der Waals surface area (Å²) < 4.78 is 0.898. The van der Waals surface area contributed by atoms with Gasteiger partial charge in [-0.1, -0.05) is 41.9 Å². The van der Waals surface area contributed by atoms with E-state index in [9.17, 15) is 14.4 Å². The number of benzene rings is 2. The Morgan fingerprint density at radius 1 is 1.00 bits per heavy atom. The minimum absolute atomic E-state index is 0.139. The highest BCUT2D eigenvalue weighted by Crippen LogP contribution is 2.27. The molecule has 3 amide bonds. The van der Waals surface area contributed by atoms with Crippen molar-refractivity contribution >= 4 is 39.3 Å². The zero-order chi connectivity index (χ0) is 18.8. The third kappa shape index (κ3) is 3.55. The topological polar surface area (TPSA) is 66.5 Å². The Balaban J connectivity index is 1.89. The molecule has 1 heterocycles. The number of amides is 3. The maximum atomic E-state index is 12.9. The standard InChI is InChI=1S/C20H19BrN2O3/c1-12(2)11-17(18(24)22-14-9-7-13(21)8-10-14)23-19(25)15-5-3-4-6-16(15)20(23)26/h3-10,12,17H,11H2,1-2H3,(H,22,24)/t17-/m1/s1. The number of anilines is 1. The van der Waals surface area contributed by atoms with Crippen molar-refractivity contribution in [1.29, 1.82) is 0 Å². The van der Waals surface area contributed by atoms with Gasteiger partial charge in [0, 0.05) is 10.2 Å². The molecule has 0 unspecified atom stereocenters. The molecule has 1 atom stereocenters. The first-order valence-electron chi connectivity index (χ1n) is 8.42. The summed E-state index contributed by atoms with van der Waals surface area (Å²) in [7, 11) is 0. The van der Waals surface area contributed by atoms with Crippen molar-refractivity contribution in [2.75, 3.05) is 5.32 Å². The molecular weight excluding hydrogens is 396 g/mol. The summed E-state index contributed by atoms with van der Waals surface area (Å²) in [6, 6.07) is 13.0. The molecule has 0 spiro atoms. The van der Waals surface area contributed by atoms with Crippen LogP contribution >= 0.6 is 15.9 Å². The summed E-state index contributed by atoms with van der Waals surface area (Å²) in [5, 5.41) is 2.81. The lowest BCUT2D eigenvalue weighted by molar-refractivity contribution is -0.120. The number of carbonyl (C=O) groups excluding carboxylic acids is 3. The van der Waals surface area contributed by atoms with Gasteiger partial charge in [0.1, 0.15) is 6.04 Å². The van der Waals surface area contributed by atoms with E-state index in [1.54, 1.807) is 36.4 Å². The third-order valence-corrected chi connectivity index (χ3v) is 4.77. The van der Waals surface area contributed by atoms with Crippen LogP contribution in [0.2, 0.25) is 0 Å². The number of imide groups is 1. The molecule has 0 radical (unpaired) electrons. The molecule has 6 heteroatoms. The summed E-state index contributed by atoms with van der Waals surface area (Å²) in [4.78, 5) is 39.5. The summed E-state index contributed by atoms with van der Waals surface area (Å²) >= 11 is 3.35. The van der Waals surface area contributed by atoms with Gasteiger partial charge in [-0.2, -0.15) is 0 Å². The Kier molecular flexibility index (Phi) is 5.23. The van der Waals surface area contributed by atoms with E-state index in [0.717, 1.165) is 9.37 Å². The molecule has 26 heavy (non-hydrogen) atoms. The van der Waals surface area contributed by atoms with Crippen LogP contribution in [0.15, 0.2) is 53.0 Å². The van der Waals surface area contributed by atoms with Crippen LogP contribution in [0.4, 0.5) is 5.69 Å². The van der Waals surface area contributed by atoms with Gasteiger partial charge in [0.2, 0.25) is 5.91 Å². The van der Waals surface area contributed by atoms with Crippen molar-refractivity contribution in [3.63, 3.8) is 0 Å². The van der Waals surface area contributed by atoms with Crippen LogP contribution in [0, 0.1) is 5.92 Å². The second-order valence-corrected chi connectivity index (χ2v) is 7.58. The van der Waals surface area contributed by atoms with E-state index in [4.69, 9.17) is 0 Å². The van der Waals surface area contributed by atoms with Gasteiger partial charge in [0.05, 0.1) is 11.1 Å². The number of halogens is 1. The lowest BCUT2D eigenvalue weighted by Gasteiger charge is -2.26. The number of rotatable bonds is 5. The van der Waals surface area contributed by atoms with Crippen LogP contribution in [0.25, 0.3) is 0 Å². The predicted molar refractivity (Wildman–Crippen MR) is 103 cm³/mol. The summed E-state index contributed by atoms with van der Waals surface area (Å²) in [6.07, 6.45) is 0.397. The summed E-state index contributed by atoms with van der Waals surface area (Å²) in [6.45, 7) is 3.91. The number of carbonyl (C=O) groups is 3. The number of nitrogens with zero attached hydrogens (tertiary/aromatic N) is 1. The van der Waals surface area contributed by atoms with Gasteiger partial charge >= 0.3 is 0 Å². The normalized spacial score (nSPS) is 14.5. The van der Waals surface area contributed by atoms with Crippen molar-refractivity contribution < 1.29 is 14.4 Å². The first-order valence-corrected chi connectivity index (χ1v) is 9.21. The van der Waals surface area contributed by atoms with E-state index in [1.807, 2.05) is 26.0 Å². The average molecular weight is 415 g/mol. The quantitative estimate of drug-likeness (QED) is 0.748. The Morgan fingerprint density at radius 3 is 2.04 bits per heavy atom. The molecule has 2 aromatic rings. The van der Waals surface area contributed by atoms with E-state index in [1.165, 1.54) is 0 Å². The average Bonchev–Trinajstić information content (AvgIpc) is 2.86. The second kappa shape index (κ2) is 7.41. The van der Waals surface area contributed by atoms with Crippen LogP contribution < -0.4 is 5.32 Å². The van der Waals surface area contributed by atoms with E-state index < -0.39 is 17.9 Å². The molecule has 134 valence electrons. The van der Waals surface area contributed by atoms with Crippen molar-refractivity contribution in [2.24, 2.45) is 5.92 Å². The van der Waals surface area contributed by atoms with E-state index >= 15 is 0 Å². The van der Waals surface area contributed by atoms with Gasteiger partial charge in [-0.25, -0.2) is 0 Å². The minimum Gasteiger partial charge on any atom is -0.324 e. The fourth-order valence-corrected chi connectivity index (χ4v) is 3.29. The second-order valence-electron chi connectivity index (χ2n) is 6.67. The molecule has 1 aliphatic rings. The highest BCUT2D eigenvalue weighted by atomic mass is 79.9. The van der Waals surface area contributed by atoms with Crippen LogP contribution in [-0.2, 0) is 4.79 Å². The van der Waals surface area contributed by atoms with E-state index in [-0.39, 0.29) is 11.8 Å². The zero-order valence-corrected chi connectivity index (χ0v) is 16.1. The van der Waals surface area contributed by atoms with Crippen LogP contribution in [0.5, 0.6) is 0 Å². The summed E-state index contributed by atoms with van der Waals surface area (Å²) in [5.41, 5.74) is 1.31.